The summed E-state index contributed by atoms with van der Waals surface area (Å²) in [6.45, 7) is 4.35. The van der Waals surface area contributed by atoms with Crippen molar-refractivity contribution in [2.75, 3.05) is 0 Å². The number of nitrogens with one attached hydrogen (secondary N) is 1. The van der Waals surface area contributed by atoms with Crippen LogP contribution in [0.2, 0.25) is 0 Å². The zero-order valence-electron chi connectivity index (χ0n) is 13.5. The monoisotopic (exact) mass is 290 g/mol. The molecule has 2 unspecified atom stereocenters. The average molecular weight is 290 g/mol. The highest BCUT2D eigenvalue weighted by atomic mass is 16.1. The van der Waals surface area contributed by atoms with Crippen molar-refractivity contribution >= 4 is 5.91 Å². The van der Waals surface area contributed by atoms with Gasteiger partial charge in [-0.05, 0) is 24.8 Å². The zero-order valence-corrected chi connectivity index (χ0v) is 13.5. The largest absolute Gasteiger partial charge is 0.353 e. The second-order valence-electron chi connectivity index (χ2n) is 5.75. The Morgan fingerprint density at radius 2 is 1.81 bits per heavy atom. The normalized spacial score (nSPS) is 13.7. The molecule has 1 aromatic carbocycles. The van der Waals surface area contributed by atoms with E-state index in [1.54, 1.807) is 0 Å². The van der Waals surface area contributed by atoms with E-state index < -0.39 is 0 Å². The topological polar surface area (TPSA) is 55.1 Å². The molecule has 0 bridgehead atoms. The van der Waals surface area contributed by atoms with Crippen LogP contribution in [0.4, 0.5) is 0 Å². The van der Waals surface area contributed by atoms with Crippen LogP contribution in [0, 0.1) is 0 Å². The Labute approximate surface area is 129 Å². The van der Waals surface area contributed by atoms with Crippen LogP contribution in [0.15, 0.2) is 30.3 Å². The highest BCUT2D eigenvalue weighted by Gasteiger charge is 2.13. The number of rotatable bonds is 10. The van der Waals surface area contributed by atoms with Gasteiger partial charge in [0.25, 0.3) is 0 Å². The minimum Gasteiger partial charge on any atom is -0.353 e. The van der Waals surface area contributed by atoms with E-state index in [2.05, 4.69) is 19.2 Å². The molecule has 118 valence electrons. The maximum Gasteiger partial charge on any atom is 0.220 e. The lowest BCUT2D eigenvalue weighted by atomic mass is 10.0. The predicted octanol–water partition coefficient (Wildman–Crippen LogP) is 3.94. The summed E-state index contributed by atoms with van der Waals surface area (Å²) < 4.78 is 0. The molecule has 2 atom stereocenters. The molecule has 0 fully saturated rings. The molecule has 1 amide bonds. The Morgan fingerprint density at radius 1 is 1.10 bits per heavy atom. The molecule has 21 heavy (non-hydrogen) atoms. The smallest absolute Gasteiger partial charge is 0.220 e. The fraction of sp³-hybridized carbons (Fsp3) is 0.611. The molecular weight excluding hydrogens is 260 g/mol. The number of unbranched alkanes of at least 4 members (excludes halogenated alkanes) is 1. The van der Waals surface area contributed by atoms with Crippen LogP contribution in [0.1, 0.15) is 70.4 Å². The summed E-state index contributed by atoms with van der Waals surface area (Å²) in [6.07, 6.45) is 6.81. The van der Waals surface area contributed by atoms with Gasteiger partial charge in [0, 0.05) is 18.5 Å². The van der Waals surface area contributed by atoms with Gasteiger partial charge in [-0.25, -0.2) is 0 Å². The number of amides is 1. The fourth-order valence-electron chi connectivity index (χ4n) is 2.54. The number of benzene rings is 1. The Morgan fingerprint density at radius 3 is 2.43 bits per heavy atom. The molecule has 0 aliphatic heterocycles. The Bertz CT molecular complexity index is 391. The van der Waals surface area contributed by atoms with Crippen molar-refractivity contribution in [1.82, 2.24) is 5.32 Å². The van der Waals surface area contributed by atoms with Gasteiger partial charge in [0.1, 0.15) is 0 Å². The minimum absolute atomic E-state index is 0.0581. The summed E-state index contributed by atoms with van der Waals surface area (Å²) in [4.78, 5) is 12.1. The number of carbonyl (C=O) groups is 1. The fourth-order valence-corrected chi connectivity index (χ4v) is 2.54. The summed E-state index contributed by atoms with van der Waals surface area (Å²) in [6, 6.07) is 10.3. The van der Waals surface area contributed by atoms with Gasteiger partial charge in [0.05, 0.1) is 0 Å². The molecule has 0 aliphatic rings. The number of hydrogen-bond donors (Lipinski definition) is 2. The molecule has 3 nitrogen and oxygen atoms in total. The Balaban J connectivity index is 2.34. The number of carbonyl (C=O) groups excluding carboxylic acids is 1. The first-order chi connectivity index (χ1) is 10.2. The highest BCUT2D eigenvalue weighted by molar-refractivity contribution is 5.76. The molecule has 1 rings (SSSR count). The van der Waals surface area contributed by atoms with Crippen LogP contribution in [-0.2, 0) is 4.79 Å². The zero-order chi connectivity index (χ0) is 15.5. The summed E-state index contributed by atoms with van der Waals surface area (Å²) in [5, 5.41) is 3.17. The SMILES string of the molecule is CCCCC(CCC)NC(=O)CCC(N)c1ccccc1. The van der Waals surface area contributed by atoms with Gasteiger partial charge in [-0.3, -0.25) is 4.79 Å². The molecule has 0 saturated carbocycles. The van der Waals surface area contributed by atoms with Gasteiger partial charge >= 0.3 is 0 Å². The van der Waals surface area contributed by atoms with Crippen molar-refractivity contribution in [3.8, 4) is 0 Å². The van der Waals surface area contributed by atoms with E-state index in [0.29, 0.717) is 18.9 Å². The van der Waals surface area contributed by atoms with Crippen LogP contribution in [-0.4, -0.2) is 11.9 Å². The van der Waals surface area contributed by atoms with Crippen LogP contribution in [0.5, 0.6) is 0 Å². The highest BCUT2D eigenvalue weighted by Crippen LogP contribution is 2.15. The molecular formula is C18H30N2O. The molecule has 0 aromatic heterocycles. The number of nitrogens with two attached hydrogens (primary N) is 1. The van der Waals surface area contributed by atoms with Crippen LogP contribution in [0.25, 0.3) is 0 Å². The van der Waals surface area contributed by atoms with Crippen LogP contribution >= 0.6 is 0 Å². The lowest BCUT2D eigenvalue weighted by molar-refractivity contribution is -0.122. The number of hydrogen-bond acceptors (Lipinski definition) is 2. The van der Waals surface area contributed by atoms with E-state index in [9.17, 15) is 4.79 Å². The standard InChI is InChI=1S/C18H30N2O/c1-3-5-12-16(9-4-2)20-18(21)14-13-17(19)15-10-7-6-8-11-15/h6-8,10-11,16-17H,3-5,9,12-14,19H2,1-2H3,(H,20,21). The van der Waals surface area contributed by atoms with E-state index >= 15 is 0 Å². The summed E-state index contributed by atoms with van der Waals surface area (Å²) in [5.41, 5.74) is 7.23. The van der Waals surface area contributed by atoms with E-state index in [1.165, 1.54) is 12.8 Å². The Hall–Kier alpha value is -1.35. The van der Waals surface area contributed by atoms with Crippen molar-refractivity contribution in [3.05, 3.63) is 35.9 Å². The van der Waals surface area contributed by atoms with Gasteiger partial charge in [0.2, 0.25) is 5.91 Å². The van der Waals surface area contributed by atoms with Crippen molar-refractivity contribution in [2.45, 2.75) is 70.9 Å². The third-order valence-electron chi connectivity index (χ3n) is 3.82. The van der Waals surface area contributed by atoms with E-state index in [4.69, 9.17) is 5.73 Å². The summed E-state index contributed by atoms with van der Waals surface area (Å²) in [7, 11) is 0. The second kappa shape index (κ2) is 10.4. The first-order valence-electron chi connectivity index (χ1n) is 8.27. The molecule has 3 heteroatoms. The van der Waals surface area contributed by atoms with Crippen molar-refractivity contribution < 1.29 is 4.79 Å². The van der Waals surface area contributed by atoms with Crippen molar-refractivity contribution in [3.63, 3.8) is 0 Å². The quantitative estimate of drug-likeness (QED) is 0.685. The molecule has 0 spiro atoms. The molecule has 0 saturated heterocycles. The summed E-state index contributed by atoms with van der Waals surface area (Å²) in [5.74, 6) is 0.135. The van der Waals surface area contributed by atoms with Gasteiger partial charge in [-0.1, -0.05) is 63.4 Å². The first kappa shape index (κ1) is 17.7. The molecule has 0 heterocycles. The van der Waals surface area contributed by atoms with Gasteiger partial charge in [-0.15, -0.1) is 0 Å². The molecule has 1 aromatic rings. The lowest BCUT2D eigenvalue weighted by Crippen LogP contribution is -2.35. The van der Waals surface area contributed by atoms with E-state index in [-0.39, 0.29) is 11.9 Å². The first-order valence-corrected chi connectivity index (χ1v) is 8.27. The van der Waals surface area contributed by atoms with Crippen LogP contribution < -0.4 is 11.1 Å². The van der Waals surface area contributed by atoms with Gasteiger partial charge < -0.3 is 11.1 Å². The third-order valence-corrected chi connectivity index (χ3v) is 3.82. The summed E-state index contributed by atoms with van der Waals surface area (Å²) >= 11 is 0. The van der Waals surface area contributed by atoms with Gasteiger partial charge in [-0.2, -0.15) is 0 Å². The predicted molar refractivity (Wildman–Crippen MR) is 89.0 cm³/mol. The average Bonchev–Trinajstić information content (AvgIpc) is 2.51. The van der Waals surface area contributed by atoms with Gasteiger partial charge in [0.15, 0.2) is 0 Å². The maximum absolute atomic E-state index is 12.1. The van der Waals surface area contributed by atoms with E-state index in [1.807, 2.05) is 30.3 Å². The van der Waals surface area contributed by atoms with Crippen LogP contribution in [0.3, 0.4) is 0 Å². The molecule has 0 aliphatic carbocycles. The molecule has 0 radical (unpaired) electrons. The van der Waals surface area contributed by atoms with Crippen molar-refractivity contribution in [2.24, 2.45) is 5.73 Å². The van der Waals surface area contributed by atoms with Crippen molar-refractivity contribution in [1.29, 1.82) is 0 Å². The maximum atomic E-state index is 12.1. The van der Waals surface area contributed by atoms with E-state index in [0.717, 1.165) is 24.8 Å². The lowest BCUT2D eigenvalue weighted by Gasteiger charge is -2.18. The second-order valence-corrected chi connectivity index (χ2v) is 5.75. The molecule has 3 N–H and O–H groups in total. The minimum atomic E-state index is -0.0581. The Kier molecular flexibility index (Phi) is 8.76. The third kappa shape index (κ3) is 7.28.